The third-order valence-electron chi connectivity index (χ3n) is 3.75. The molecule has 0 aliphatic heterocycles. The van der Waals surface area contributed by atoms with E-state index in [1.54, 1.807) is 0 Å². The van der Waals surface area contributed by atoms with E-state index in [1.807, 2.05) is 6.07 Å². The molecule has 3 atom stereocenters. The van der Waals surface area contributed by atoms with Gasteiger partial charge < -0.3 is 5.11 Å². The van der Waals surface area contributed by atoms with Crippen molar-refractivity contribution in [1.29, 1.82) is 0 Å². The fourth-order valence-electron chi connectivity index (χ4n) is 2.73. The summed E-state index contributed by atoms with van der Waals surface area (Å²) in [5.74, 6) is 0.947. The molecule has 0 radical (unpaired) electrons. The lowest BCUT2D eigenvalue weighted by molar-refractivity contribution is 0.0579. The molecule has 1 aliphatic rings. The lowest BCUT2D eigenvalue weighted by atomic mass is 9.76. The first kappa shape index (κ1) is 10.7. The quantitative estimate of drug-likeness (QED) is 0.783. The second-order valence-corrected chi connectivity index (χ2v) is 4.72. The maximum absolute atomic E-state index is 10.0. The zero-order chi connectivity index (χ0) is 10.7. The highest BCUT2D eigenvalue weighted by atomic mass is 16.3. The van der Waals surface area contributed by atoms with Crippen LogP contribution in [0.4, 0.5) is 0 Å². The summed E-state index contributed by atoms with van der Waals surface area (Å²) in [6, 6.07) is 10.6. The van der Waals surface area contributed by atoms with Gasteiger partial charge in [-0.15, -0.1) is 0 Å². The van der Waals surface area contributed by atoms with Crippen LogP contribution in [0.2, 0.25) is 0 Å². The Morgan fingerprint density at radius 2 is 1.80 bits per heavy atom. The molecule has 0 aromatic heterocycles. The molecule has 15 heavy (non-hydrogen) atoms. The maximum Gasteiger partial charge on any atom is 0.0574 e. The Kier molecular flexibility index (Phi) is 3.42. The summed E-state index contributed by atoms with van der Waals surface area (Å²) in [6.45, 7) is 2.24. The van der Waals surface area contributed by atoms with Crippen molar-refractivity contribution in [3.63, 3.8) is 0 Å². The van der Waals surface area contributed by atoms with Gasteiger partial charge in [-0.2, -0.15) is 0 Å². The second-order valence-electron chi connectivity index (χ2n) is 4.72. The van der Waals surface area contributed by atoms with Crippen LogP contribution in [0.1, 0.15) is 44.1 Å². The predicted octanol–water partition coefficient (Wildman–Crippen LogP) is 3.34. The third-order valence-corrected chi connectivity index (χ3v) is 3.75. The van der Waals surface area contributed by atoms with Gasteiger partial charge in [-0.25, -0.2) is 0 Å². The molecule has 1 aliphatic carbocycles. The van der Waals surface area contributed by atoms with Gasteiger partial charge >= 0.3 is 0 Å². The van der Waals surface area contributed by atoms with Crippen molar-refractivity contribution in [2.45, 2.75) is 44.6 Å². The Hall–Kier alpha value is -0.820. The molecule has 0 spiro atoms. The molecule has 2 rings (SSSR count). The smallest absolute Gasteiger partial charge is 0.0574 e. The zero-order valence-electron chi connectivity index (χ0n) is 9.39. The SMILES string of the molecule is CC(c1ccccc1)[C@@H]1CCCC[C@H]1O. The highest BCUT2D eigenvalue weighted by Crippen LogP contribution is 2.35. The summed E-state index contributed by atoms with van der Waals surface area (Å²) in [4.78, 5) is 0. The van der Waals surface area contributed by atoms with Crippen molar-refractivity contribution in [2.75, 3.05) is 0 Å². The van der Waals surface area contributed by atoms with Crippen LogP contribution in [-0.2, 0) is 0 Å². The first-order valence-electron chi connectivity index (χ1n) is 6.02. The summed E-state index contributed by atoms with van der Waals surface area (Å²) in [5, 5.41) is 10.0. The summed E-state index contributed by atoms with van der Waals surface area (Å²) in [6.07, 6.45) is 4.55. The third kappa shape index (κ3) is 2.40. The van der Waals surface area contributed by atoms with Gasteiger partial charge in [0.05, 0.1) is 6.10 Å². The minimum absolute atomic E-state index is 0.0889. The fraction of sp³-hybridized carbons (Fsp3) is 0.571. The monoisotopic (exact) mass is 204 g/mol. The van der Waals surface area contributed by atoms with Crippen LogP contribution in [0, 0.1) is 5.92 Å². The van der Waals surface area contributed by atoms with E-state index in [1.165, 1.54) is 24.8 Å². The molecule has 0 bridgehead atoms. The normalized spacial score (nSPS) is 28.7. The topological polar surface area (TPSA) is 20.2 Å². The molecule has 1 nitrogen and oxygen atoms in total. The molecule has 82 valence electrons. The van der Waals surface area contributed by atoms with E-state index in [2.05, 4.69) is 31.2 Å². The molecular formula is C14H20O. The van der Waals surface area contributed by atoms with E-state index in [0.717, 1.165) is 6.42 Å². The van der Waals surface area contributed by atoms with E-state index in [4.69, 9.17) is 0 Å². The van der Waals surface area contributed by atoms with Gasteiger partial charge in [0.25, 0.3) is 0 Å². The van der Waals surface area contributed by atoms with E-state index in [9.17, 15) is 5.11 Å². The van der Waals surface area contributed by atoms with Crippen molar-refractivity contribution in [3.05, 3.63) is 35.9 Å². The van der Waals surface area contributed by atoms with Crippen LogP contribution in [0.25, 0.3) is 0 Å². The molecule has 1 aromatic rings. The van der Waals surface area contributed by atoms with Gasteiger partial charge in [-0.1, -0.05) is 50.1 Å². The average molecular weight is 204 g/mol. The summed E-state index contributed by atoms with van der Waals surface area (Å²) >= 11 is 0. The maximum atomic E-state index is 10.0. The molecule has 0 heterocycles. The number of benzene rings is 1. The Balaban J connectivity index is 2.09. The number of rotatable bonds is 2. The lowest BCUT2D eigenvalue weighted by Crippen LogP contribution is -2.28. The van der Waals surface area contributed by atoms with Crippen LogP contribution in [0.15, 0.2) is 30.3 Å². The molecule has 1 heteroatoms. The molecule has 1 N–H and O–H groups in total. The van der Waals surface area contributed by atoms with Gasteiger partial charge in [-0.3, -0.25) is 0 Å². The molecule has 0 saturated heterocycles. The highest BCUT2D eigenvalue weighted by molar-refractivity contribution is 5.20. The molecular weight excluding hydrogens is 184 g/mol. The number of hydrogen-bond donors (Lipinski definition) is 1. The zero-order valence-corrected chi connectivity index (χ0v) is 9.39. The number of aliphatic hydroxyl groups excluding tert-OH is 1. The fourth-order valence-corrected chi connectivity index (χ4v) is 2.73. The predicted molar refractivity (Wildman–Crippen MR) is 62.8 cm³/mol. The Morgan fingerprint density at radius 3 is 2.47 bits per heavy atom. The van der Waals surface area contributed by atoms with Crippen molar-refractivity contribution < 1.29 is 5.11 Å². The van der Waals surface area contributed by atoms with Crippen molar-refractivity contribution >= 4 is 0 Å². The standard InChI is InChI=1S/C14H20O/c1-11(12-7-3-2-4-8-12)13-9-5-6-10-14(13)15/h2-4,7-8,11,13-15H,5-6,9-10H2,1H3/t11?,13-,14+/m0/s1. The summed E-state index contributed by atoms with van der Waals surface area (Å²) < 4.78 is 0. The van der Waals surface area contributed by atoms with Crippen molar-refractivity contribution in [2.24, 2.45) is 5.92 Å². The highest BCUT2D eigenvalue weighted by Gasteiger charge is 2.28. The van der Waals surface area contributed by atoms with Gasteiger partial charge in [0, 0.05) is 0 Å². The van der Waals surface area contributed by atoms with E-state index in [-0.39, 0.29) is 6.10 Å². The minimum Gasteiger partial charge on any atom is -0.393 e. The molecule has 1 saturated carbocycles. The van der Waals surface area contributed by atoms with Crippen molar-refractivity contribution in [3.8, 4) is 0 Å². The Morgan fingerprint density at radius 1 is 1.13 bits per heavy atom. The molecule has 1 aromatic carbocycles. The number of aliphatic hydroxyl groups is 1. The molecule has 1 unspecified atom stereocenters. The summed E-state index contributed by atoms with van der Waals surface area (Å²) in [5.41, 5.74) is 1.36. The van der Waals surface area contributed by atoms with Crippen LogP contribution in [0.3, 0.4) is 0 Å². The van der Waals surface area contributed by atoms with Crippen molar-refractivity contribution in [1.82, 2.24) is 0 Å². The second kappa shape index (κ2) is 4.80. The first-order valence-corrected chi connectivity index (χ1v) is 6.02. The Labute approximate surface area is 92.1 Å². The average Bonchev–Trinajstić information content (AvgIpc) is 2.30. The van der Waals surface area contributed by atoms with Crippen LogP contribution >= 0.6 is 0 Å². The van der Waals surface area contributed by atoms with Crippen LogP contribution in [-0.4, -0.2) is 11.2 Å². The summed E-state index contributed by atoms with van der Waals surface area (Å²) in [7, 11) is 0. The minimum atomic E-state index is -0.0889. The Bertz CT molecular complexity index is 293. The van der Waals surface area contributed by atoms with E-state index in [0.29, 0.717) is 11.8 Å². The van der Waals surface area contributed by atoms with Gasteiger partial charge in [0.1, 0.15) is 0 Å². The van der Waals surface area contributed by atoms with E-state index < -0.39 is 0 Å². The van der Waals surface area contributed by atoms with Gasteiger partial charge in [-0.05, 0) is 30.2 Å². The molecule has 0 amide bonds. The molecule has 1 fully saturated rings. The van der Waals surface area contributed by atoms with Crippen LogP contribution in [0.5, 0.6) is 0 Å². The van der Waals surface area contributed by atoms with Crippen LogP contribution < -0.4 is 0 Å². The largest absolute Gasteiger partial charge is 0.393 e. The van der Waals surface area contributed by atoms with Gasteiger partial charge in [0.15, 0.2) is 0 Å². The lowest BCUT2D eigenvalue weighted by Gasteiger charge is -2.32. The van der Waals surface area contributed by atoms with Gasteiger partial charge in [0.2, 0.25) is 0 Å². The number of hydrogen-bond acceptors (Lipinski definition) is 1. The first-order chi connectivity index (χ1) is 7.29. The van der Waals surface area contributed by atoms with E-state index >= 15 is 0 Å².